The molecule has 0 saturated heterocycles. The maximum atomic E-state index is 11.3. The lowest BCUT2D eigenvalue weighted by atomic mass is 9.98. The van der Waals surface area contributed by atoms with E-state index in [2.05, 4.69) is 0 Å². The summed E-state index contributed by atoms with van der Waals surface area (Å²) in [6.07, 6.45) is 2.12. The molecule has 0 aromatic carbocycles. The first-order chi connectivity index (χ1) is 7.90. The minimum atomic E-state index is -0.967. The van der Waals surface area contributed by atoms with Crippen LogP contribution in [0.25, 0.3) is 0 Å². The summed E-state index contributed by atoms with van der Waals surface area (Å²) in [5, 5.41) is 18.8. The van der Waals surface area contributed by atoms with Crippen LogP contribution in [0.2, 0.25) is 0 Å². The maximum absolute atomic E-state index is 11.3. The third-order valence-corrected chi connectivity index (χ3v) is 3.09. The van der Waals surface area contributed by atoms with E-state index in [1.165, 1.54) is 23.8 Å². The Hall–Kier alpha value is -1.78. The van der Waals surface area contributed by atoms with Crippen LogP contribution in [0.15, 0.2) is 17.1 Å². The Morgan fingerprint density at radius 1 is 1.53 bits per heavy atom. The van der Waals surface area contributed by atoms with Crippen molar-refractivity contribution in [3.8, 4) is 5.75 Å². The van der Waals surface area contributed by atoms with Crippen molar-refractivity contribution in [3.05, 3.63) is 28.2 Å². The number of nitrogens with zero attached hydrogens (tertiary/aromatic N) is 1. The summed E-state index contributed by atoms with van der Waals surface area (Å²) < 4.78 is 1.44. The number of pyridine rings is 1. The molecule has 1 rings (SSSR count). The quantitative estimate of drug-likeness (QED) is 0.835. The van der Waals surface area contributed by atoms with E-state index in [0.29, 0.717) is 6.42 Å². The molecule has 0 saturated carbocycles. The molecule has 17 heavy (non-hydrogen) atoms. The monoisotopic (exact) mass is 239 g/mol. The molecule has 5 nitrogen and oxygen atoms in total. The fourth-order valence-corrected chi connectivity index (χ4v) is 1.80. The minimum absolute atomic E-state index is 0.0897. The van der Waals surface area contributed by atoms with E-state index >= 15 is 0 Å². The number of hydrogen-bond acceptors (Lipinski definition) is 3. The molecular weight excluding hydrogens is 222 g/mol. The van der Waals surface area contributed by atoms with Crippen LogP contribution < -0.4 is 5.43 Å². The second kappa shape index (κ2) is 5.03. The Bertz CT molecular complexity index is 478. The van der Waals surface area contributed by atoms with Gasteiger partial charge in [0.15, 0.2) is 5.75 Å². The maximum Gasteiger partial charge on any atom is 0.326 e. The van der Waals surface area contributed by atoms with Gasteiger partial charge in [0.25, 0.3) is 0 Å². The van der Waals surface area contributed by atoms with Crippen LogP contribution in [0.1, 0.15) is 32.0 Å². The molecule has 1 heterocycles. The Labute approximate surface area is 99.3 Å². The molecule has 0 aliphatic rings. The average molecular weight is 239 g/mol. The fourth-order valence-electron chi connectivity index (χ4n) is 1.80. The second-order valence-electron chi connectivity index (χ2n) is 4.19. The van der Waals surface area contributed by atoms with Gasteiger partial charge in [0.1, 0.15) is 6.04 Å². The van der Waals surface area contributed by atoms with Gasteiger partial charge in [-0.05, 0) is 12.8 Å². The molecule has 0 bridgehead atoms. The van der Waals surface area contributed by atoms with E-state index in [-0.39, 0.29) is 17.4 Å². The van der Waals surface area contributed by atoms with Crippen molar-refractivity contribution >= 4 is 5.97 Å². The molecule has 1 aromatic rings. The molecule has 2 atom stereocenters. The minimum Gasteiger partial charge on any atom is -0.503 e. The van der Waals surface area contributed by atoms with Crippen molar-refractivity contribution in [1.29, 1.82) is 0 Å². The summed E-state index contributed by atoms with van der Waals surface area (Å²) in [4.78, 5) is 22.5. The van der Waals surface area contributed by atoms with E-state index in [0.717, 1.165) is 0 Å². The molecule has 94 valence electrons. The number of carboxylic acid groups (broad SMARTS) is 1. The van der Waals surface area contributed by atoms with Crippen molar-refractivity contribution in [2.24, 2.45) is 5.92 Å². The molecule has 0 amide bonds. The average Bonchev–Trinajstić information content (AvgIpc) is 2.28. The summed E-state index contributed by atoms with van der Waals surface area (Å²) >= 11 is 0. The van der Waals surface area contributed by atoms with E-state index in [9.17, 15) is 19.8 Å². The zero-order chi connectivity index (χ0) is 13.2. The van der Waals surface area contributed by atoms with Gasteiger partial charge in [-0.2, -0.15) is 0 Å². The summed E-state index contributed by atoms with van der Waals surface area (Å²) in [5.41, 5.74) is -0.211. The van der Waals surface area contributed by atoms with Crippen molar-refractivity contribution in [2.45, 2.75) is 33.2 Å². The third kappa shape index (κ3) is 2.49. The summed E-state index contributed by atoms with van der Waals surface area (Å²) in [7, 11) is 0. The summed E-state index contributed by atoms with van der Waals surface area (Å²) in [6, 6.07) is 0.409. The van der Waals surface area contributed by atoms with Crippen LogP contribution in [-0.2, 0) is 4.79 Å². The lowest BCUT2D eigenvalue weighted by Crippen LogP contribution is -2.27. The van der Waals surface area contributed by atoms with Gasteiger partial charge in [0, 0.05) is 12.3 Å². The highest BCUT2D eigenvalue weighted by atomic mass is 16.4. The zero-order valence-corrected chi connectivity index (χ0v) is 10.2. The van der Waals surface area contributed by atoms with Crippen LogP contribution in [0.4, 0.5) is 0 Å². The van der Waals surface area contributed by atoms with Crippen molar-refractivity contribution in [3.63, 3.8) is 0 Å². The predicted molar refractivity (Wildman–Crippen MR) is 63.2 cm³/mol. The Kier molecular flexibility index (Phi) is 3.93. The van der Waals surface area contributed by atoms with Crippen molar-refractivity contribution < 1.29 is 15.0 Å². The topological polar surface area (TPSA) is 79.5 Å². The van der Waals surface area contributed by atoms with Gasteiger partial charge in [-0.1, -0.05) is 20.3 Å². The molecule has 1 aromatic heterocycles. The lowest BCUT2D eigenvalue weighted by molar-refractivity contribution is -0.142. The van der Waals surface area contributed by atoms with Gasteiger partial charge in [-0.25, -0.2) is 4.79 Å². The first kappa shape index (κ1) is 13.3. The van der Waals surface area contributed by atoms with Crippen LogP contribution in [0.5, 0.6) is 5.75 Å². The van der Waals surface area contributed by atoms with E-state index in [1.54, 1.807) is 0 Å². The number of aromatic nitrogens is 1. The number of carbonyl (C=O) groups is 1. The number of aliphatic carboxylic acids is 1. The number of carboxylic acids is 1. The smallest absolute Gasteiger partial charge is 0.326 e. The summed E-state index contributed by atoms with van der Waals surface area (Å²) in [5.74, 6) is -1.44. The molecule has 0 fully saturated rings. The standard InChI is InChI=1S/C12H17NO4/c1-4-7(2)10(12(16)17)13-6-5-9(14)11(15)8(13)3/h5-7,10,15H,4H2,1-3H3,(H,16,17). The van der Waals surface area contributed by atoms with Gasteiger partial charge >= 0.3 is 5.97 Å². The third-order valence-electron chi connectivity index (χ3n) is 3.09. The Morgan fingerprint density at radius 3 is 2.59 bits per heavy atom. The van der Waals surface area contributed by atoms with Crippen LogP contribution in [0.3, 0.4) is 0 Å². The predicted octanol–water partition coefficient (Wildman–Crippen LogP) is 1.53. The van der Waals surface area contributed by atoms with Crippen molar-refractivity contribution in [1.82, 2.24) is 4.57 Å². The van der Waals surface area contributed by atoms with Crippen LogP contribution in [-0.4, -0.2) is 20.7 Å². The fraction of sp³-hybridized carbons (Fsp3) is 0.500. The molecule has 0 radical (unpaired) electrons. The normalized spacial score (nSPS) is 14.3. The highest BCUT2D eigenvalue weighted by Crippen LogP contribution is 2.24. The SMILES string of the molecule is CCC(C)C(C(=O)O)n1ccc(=O)c(O)c1C. The highest BCUT2D eigenvalue weighted by Gasteiger charge is 2.26. The first-order valence-corrected chi connectivity index (χ1v) is 5.53. The Balaban J connectivity index is 3.34. The molecule has 2 unspecified atom stereocenters. The number of rotatable bonds is 4. The lowest BCUT2D eigenvalue weighted by Gasteiger charge is -2.24. The molecule has 0 aliphatic heterocycles. The van der Waals surface area contributed by atoms with E-state index in [4.69, 9.17) is 0 Å². The van der Waals surface area contributed by atoms with Gasteiger partial charge in [-0.15, -0.1) is 0 Å². The van der Waals surface area contributed by atoms with Crippen LogP contribution >= 0.6 is 0 Å². The largest absolute Gasteiger partial charge is 0.503 e. The van der Waals surface area contributed by atoms with E-state index < -0.39 is 17.4 Å². The van der Waals surface area contributed by atoms with Crippen molar-refractivity contribution in [2.75, 3.05) is 0 Å². The van der Waals surface area contributed by atoms with Crippen LogP contribution in [0, 0.1) is 12.8 Å². The van der Waals surface area contributed by atoms with Gasteiger partial charge in [-0.3, -0.25) is 4.79 Å². The second-order valence-corrected chi connectivity index (χ2v) is 4.19. The van der Waals surface area contributed by atoms with Gasteiger partial charge < -0.3 is 14.8 Å². The van der Waals surface area contributed by atoms with Gasteiger partial charge in [0.05, 0.1) is 5.69 Å². The summed E-state index contributed by atoms with van der Waals surface area (Å²) in [6.45, 7) is 5.26. The molecule has 5 heteroatoms. The Morgan fingerprint density at radius 2 is 2.12 bits per heavy atom. The highest BCUT2D eigenvalue weighted by molar-refractivity contribution is 5.72. The zero-order valence-electron chi connectivity index (χ0n) is 10.2. The molecule has 2 N–H and O–H groups in total. The number of hydrogen-bond donors (Lipinski definition) is 2. The first-order valence-electron chi connectivity index (χ1n) is 5.53. The number of aromatic hydroxyl groups is 1. The van der Waals surface area contributed by atoms with Gasteiger partial charge in [0.2, 0.25) is 5.43 Å². The molecule has 0 aliphatic carbocycles. The molecule has 0 spiro atoms. The molecular formula is C12H17NO4. The van der Waals surface area contributed by atoms with E-state index in [1.807, 2.05) is 13.8 Å².